The number of methoxy groups -OCH3 is 1. The van der Waals surface area contributed by atoms with E-state index in [1.165, 1.54) is 13.2 Å². The van der Waals surface area contributed by atoms with Gasteiger partial charge in [0.05, 0.1) is 12.5 Å². The van der Waals surface area contributed by atoms with Gasteiger partial charge in [0.2, 0.25) is 0 Å². The van der Waals surface area contributed by atoms with Crippen molar-refractivity contribution in [3.63, 3.8) is 0 Å². The van der Waals surface area contributed by atoms with Crippen molar-refractivity contribution in [3.8, 4) is 22.8 Å². The Morgan fingerprint density at radius 2 is 1.65 bits per heavy atom. The number of rotatable bonds is 7. The zero-order valence-electron chi connectivity index (χ0n) is 17.2. The number of ether oxygens (including phenoxy) is 2. The molecule has 0 aliphatic rings. The fourth-order valence-electron chi connectivity index (χ4n) is 3.18. The molecule has 156 valence electrons. The minimum absolute atomic E-state index is 0.133. The zero-order chi connectivity index (χ0) is 21.6. The van der Waals surface area contributed by atoms with E-state index in [0.717, 1.165) is 16.9 Å². The van der Waals surface area contributed by atoms with E-state index in [0.29, 0.717) is 28.2 Å². The van der Waals surface area contributed by atoms with Crippen molar-refractivity contribution in [2.75, 3.05) is 20.8 Å². The van der Waals surface area contributed by atoms with Crippen LogP contribution in [-0.2, 0) is 4.84 Å². The SMILES string of the molecule is CO/N=C(/COc1ccc2oc(-c3ccccc3)cc(=O)c2c1)c1ccc(OC)cc1. The van der Waals surface area contributed by atoms with Crippen molar-refractivity contribution in [1.82, 2.24) is 0 Å². The largest absolute Gasteiger partial charge is 0.497 e. The molecule has 0 saturated carbocycles. The molecule has 6 heteroatoms. The summed E-state index contributed by atoms with van der Waals surface area (Å²) >= 11 is 0. The van der Waals surface area contributed by atoms with Gasteiger partial charge in [0.25, 0.3) is 0 Å². The van der Waals surface area contributed by atoms with Gasteiger partial charge in [-0.1, -0.05) is 35.5 Å². The molecule has 1 heterocycles. The van der Waals surface area contributed by atoms with E-state index in [9.17, 15) is 4.79 Å². The van der Waals surface area contributed by atoms with Crippen molar-refractivity contribution < 1.29 is 18.7 Å². The highest BCUT2D eigenvalue weighted by atomic mass is 16.6. The molecule has 0 unspecified atom stereocenters. The Labute approximate surface area is 179 Å². The van der Waals surface area contributed by atoms with E-state index in [1.807, 2.05) is 54.6 Å². The van der Waals surface area contributed by atoms with Crippen LogP contribution in [0.1, 0.15) is 5.56 Å². The van der Waals surface area contributed by atoms with Gasteiger partial charge >= 0.3 is 0 Å². The average molecular weight is 415 g/mol. The van der Waals surface area contributed by atoms with Crippen LogP contribution in [0.25, 0.3) is 22.3 Å². The molecule has 4 aromatic rings. The van der Waals surface area contributed by atoms with E-state index in [1.54, 1.807) is 25.3 Å². The summed E-state index contributed by atoms with van der Waals surface area (Å²) in [6.07, 6.45) is 0. The first kappa shape index (κ1) is 20.2. The summed E-state index contributed by atoms with van der Waals surface area (Å²) in [6, 6.07) is 23.6. The van der Waals surface area contributed by atoms with Gasteiger partial charge in [-0.2, -0.15) is 0 Å². The van der Waals surface area contributed by atoms with Gasteiger partial charge in [-0.3, -0.25) is 4.79 Å². The molecule has 0 bridgehead atoms. The van der Waals surface area contributed by atoms with Crippen molar-refractivity contribution in [1.29, 1.82) is 0 Å². The van der Waals surface area contributed by atoms with E-state index in [2.05, 4.69) is 5.16 Å². The van der Waals surface area contributed by atoms with Gasteiger partial charge in [0.1, 0.15) is 42.3 Å². The van der Waals surface area contributed by atoms with Gasteiger partial charge in [-0.05, 0) is 42.5 Å². The molecule has 0 N–H and O–H groups in total. The maximum absolute atomic E-state index is 12.7. The first-order valence-corrected chi connectivity index (χ1v) is 9.68. The summed E-state index contributed by atoms with van der Waals surface area (Å²) < 4.78 is 17.0. The predicted octanol–water partition coefficient (Wildman–Crippen LogP) is 4.90. The van der Waals surface area contributed by atoms with Gasteiger partial charge in [-0.15, -0.1) is 0 Å². The van der Waals surface area contributed by atoms with Crippen molar-refractivity contribution >= 4 is 16.7 Å². The number of benzene rings is 3. The van der Waals surface area contributed by atoms with E-state index in [-0.39, 0.29) is 12.0 Å². The molecule has 0 atom stereocenters. The van der Waals surface area contributed by atoms with Crippen molar-refractivity contribution in [2.45, 2.75) is 0 Å². The Morgan fingerprint density at radius 1 is 0.903 bits per heavy atom. The summed E-state index contributed by atoms with van der Waals surface area (Å²) in [4.78, 5) is 17.6. The van der Waals surface area contributed by atoms with E-state index >= 15 is 0 Å². The molecule has 0 radical (unpaired) electrons. The molecule has 3 aromatic carbocycles. The molecule has 0 saturated heterocycles. The second-order valence-electron chi connectivity index (χ2n) is 6.74. The molecule has 0 amide bonds. The molecular formula is C25H21NO5. The lowest BCUT2D eigenvalue weighted by atomic mass is 10.1. The third-order valence-electron chi connectivity index (χ3n) is 4.76. The van der Waals surface area contributed by atoms with Crippen LogP contribution in [0.3, 0.4) is 0 Å². The second kappa shape index (κ2) is 9.17. The van der Waals surface area contributed by atoms with Gasteiger partial charge in [0.15, 0.2) is 5.43 Å². The molecule has 0 fully saturated rings. The Morgan fingerprint density at radius 3 is 2.35 bits per heavy atom. The number of oxime groups is 1. The van der Waals surface area contributed by atoms with Crippen LogP contribution >= 0.6 is 0 Å². The average Bonchev–Trinajstić information content (AvgIpc) is 2.82. The molecule has 0 aliphatic carbocycles. The van der Waals surface area contributed by atoms with Gasteiger partial charge in [0, 0.05) is 17.2 Å². The predicted molar refractivity (Wildman–Crippen MR) is 120 cm³/mol. The highest BCUT2D eigenvalue weighted by Crippen LogP contribution is 2.24. The van der Waals surface area contributed by atoms with Gasteiger partial charge < -0.3 is 18.7 Å². The van der Waals surface area contributed by atoms with Crippen LogP contribution in [0.4, 0.5) is 0 Å². The highest BCUT2D eigenvalue weighted by Gasteiger charge is 2.10. The quantitative estimate of drug-likeness (QED) is 0.317. The molecule has 31 heavy (non-hydrogen) atoms. The fourth-order valence-corrected chi connectivity index (χ4v) is 3.18. The van der Waals surface area contributed by atoms with Gasteiger partial charge in [-0.25, -0.2) is 0 Å². The number of fused-ring (bicyclic) bond motifs is 1. The number of nitrogens with zero attached hydrogens (tertiary/aromatic N) is 1. The third kappa shape index (κ3) is 4.59. The molecule has 1 aromatic heterocycles. The Kier molecular flexibility index (Phi) is 5.98. The van der Waals surface area contributed by atoms with Crippen LogP contribution in [0.15, 0.2) is 93.2 Å². The van der Waals surface area contributed by atoms with E-state index in [4.69, 9.17) is 18.7 Å². The lowest BCUT2D eigenvalue weighted by molar-refractivity contribution is 0.210. The maximum Gasteiger partial charge on any atom is 0.193 e. The summed E-state index contributed by atoms with van der Waals surface area (Å²) in [5.74, 6) is 1.81. The highest BCUT2D eigenvalue weighted by molar-refractivity contribution is 6.01. The lowest BCUT2D eigenvalue weighted by Crippen LogP contribution is -2.13. The van der Waals surface area contributed by atoms with Crippen LogP contribution in [0.2, 0.25) is 0 Å². The molecular weight excluding hydrogens is 394 g/mol. The monoisotopic (exact) mass is 415 g/mol. The first-order valence-electron chi connectivity index (χ1n) is 9.68. The van der Waals surface area contributed by atoms with Crippen LogP contribution < -0.4 is 14.9 Å². The van der Waals surface area contributed by atoms with Crippen LogP contribution in [0.5, 0.6) is 11.5 Å². The van der Waals surface area contributed by atoms with Crippen molar-refractivity contribution in [3.05, 3.63) is 94.6 Å². The smallest absolute Gasteiger partial charge is 0.193 e. The maximum atomic E-state index is 12.7. The fraction of sp³-hybridized carbons (Fsp3) is 0.120. The lowest BCUT2D eigenvalue weighted by Gasteiger charge is -2.10. The zero-order valence-corrected chi connectivity index (χ0v) is 17.2. The first-order chi connectivity index (χ1) is 15.2. The molecule has 0 spiro atoms. The molecule has 0 aliphatic heterocycles. The van der Waals surface area contributed by atoms with E-state index < -0.39 is 0 Å². The number of hydrogen-bond acceptors (Lipinski definition) is 6. The third-order valence-corrected chi connectivity index (χ3v) is 4.76. The summed E-state index contributed by atoms with van der Waals surface area (Å²) in [5.41, 5.74) is 2.67. The standard InChI is InChI=1S/C25H21NO5/c1-28-19-10-8-17(9-11-19)22(26-29-2)16-30-20-12-13-24-21(14-20)23(27)15-25(31-24)18-6-4-3-5-7-18/h3-15H,16H2,1-2H3/b26-22-. The Balaban J connectivity index is 1.57. The second-order valence-corrected chi connectivity index (χ2v) is 6.74. The molecule has 4 rings (SSSR count). The normalized spacial score (nSPS) is 11.4. The molecule has 6 nitrogen and oxygen atoms in total. The summed E-state index contributed by atoms with van der Waals surface area (Å²) in [6.45, 7) is 0.166. The summed E-state index contributed by atoms with van der Waals surface area (Å²) in [7, 11) is 3.09. The Bertz CT molecular complexity index is 1260. The van der Waals surface area contributed by atoms with Crippen LogP contribution in [0, 0.1) is 0 Å². The Hall–Kier alpha value is -4.06. The summed E-state index contributed by atoms with van der Waals surface area (Å²) in [5, 5.41) is 4.51. The minimum atomic E-state index is -0.133. The number of hydrogen-bond donors (Lipinski definition) is 0. The minimum Gasteiger partial charge on any atom is -0.497 e. The van der Waals surface area contributed by atoms with Crippen molar-refractivity contribution in [2.24, 2.45) is 5.16 Å². The van der Waals surface area contributed by atoms with Crippen LogP contribution in [-0.4, -0.2) is 26.5 Å². The topological polar surface area (TPSA) is 70.3 Å².